The first-order chi connectivity index (χ1) is 10.1. The molecule has 110 valence electrons. The van der Waals surface area contributed by atoms with Crippen LogP contribution in [0.3, 0.4) is 0 Å². The lowest BCUT2D eigenvalue weighted by Gasteiger charge is -2.07. The smallest absolute Gasteiger partial charge is 0.225 e. The lowest BCUT2D eigenvalue weighted by molar-refractivity contribution is -0.116. The predicted molar refractivity (Wildman–Crippen MR) is 85.3 cm³/mol. The maximum atomic E-state index is 11.4. The zero-order valence-corrected chi connectivity index (χ0v) is 12.9. The lowest BCUT2D eigenvalue weighted by atomic mass is 10.3. The highest BCUT2D eigenvalue weighted by Crippen LogP contribution is 2.26. The van der Waals surface area contributed by atoms with Crippen LogP contribution in [-0.4, -0.2) is 16.1 Å². The normalized spacial score (nSPS) is 10.2. The Labute approximate surface area is 132 Å². The molecule has 1 aromatic carbocycles. The molecule has 21 heavy (non-hydrogen) atoms. The maximum absolute atomic E-state index is 11.4. The molecule has 0 aliphatic carbocycles. The minimum Gasteiger partial charge on any atom is -0.339 e. The number of halogens is 2. The van der Waals surface area contributed by atoms with Crippen molar-refractivity contribution in [2.45, 2.75) is 19.8 Å². The van der Waals surface area contributed by atoms with Gasteiger partial charge in [-0.2, -0.15) is 0 Å². The van der Waals surface area contributed by atoms with Crippen LogP contribution in [0.25, 0.3) is 0 Å². The highest BCUT2D eigenvalue weighted by molar-refractivity contribution is 6.42. The van der Waals surface area contributed by atoms with Crippen LogP contribution in [-0.2, 0) is 4.79 Å². The Morgan fingerprint density at radius 1 is 1.10 bits per heavy atom. The van der Waals surface area contributed by atoms with Crippen molar-refractivity contribution in [3.05, 3.63) is 40.4 Å². The summed E-state index contributed by atoms with van der Waals surface area (Å²) in [5.74, 6) is 0.895. The second-order valence-electron chi connectivity index (χ2n) is 4.36. The molecule has 0 atom stereocenters. The van der Waals surface area contributed by atoms with Crippen molar-refractivity contribution in [3.8, 4) is 0 Å². The number of hydrogen-bond donors (Lipinski definition) is 2. The molecule has 0 aliphatic rings. The Bertz CT molecular complexity index is 631. The van der Waals surface area contributed by atoms with Crippen LogP contribution in [0.4, 0.5) is 17.3 Å². The number of nitrogens with one attached hydrogen (secondary N) is 2. The number of anilines is 3. The van der Waals surface area contributed by atoms with Crippen molar-refractivity contribution in [2.24, 2.45) is 0 Å². The number of rotatable bonds is 5. The molecule has 2 aromatic rings. The molecule has 0 radical (unpaired) electrons. The summed E-state index contributed by atoms with van der Waals surface area (Å²) in [6, 6.07) is 8.58. The van der Waals surface area contributed by atoms with E-state index >= 15 is 0 Å². The van der Waals surface area contributed by atoms with Gasteiger partial charge in [-0.05, 0) is 36.8 Å². The van der Waals surface area contributed by atoms with Crippen LogP contribution in [0, 0.1) is 0 Å². The monoisotopic (exact) mass is 324 g/mol. The summed E-state index contributed by atoms with van der Waals surface area (Å²) in [5.41, 5.74) is 0.751. The van der Waals surface area contributed by atoms with Crippen LogP contribution in [0.1, 0.15) is 19.8 Å². The van der Waals surface area contributed by atoms with Crippen LogP contribution < -0.4 is 10.6 Å². The molecule has 1 aromatic heterocycles. The van der Waals surface area contributed by atoms with E-state index in [-0.39, 0.29) is 5.91 Å². The highest BCUT2D eigenvalue weighted by atomic mass is 35.5. The standard InChI is InChI=1S/C14H14Cl2N4O/c1-2-3-14(21)18-13-7-6-12(19-20-13)17-9-4-5-10(15)11(16)8-9/h4-8H,2-3H2,1H3,(H,17,19)(H,18,20,21). The van der Waals surface area contributed by atoms with Gasteiger partial charge < -0.3 is 10.6 Å². The molecule has 0 aliphatic heterocycles. The number of aromatic nitrogens is 2. The molecule has 0 bridgehead atoms. The van der Waals surface area contributed by atoms with Gasteiger partial charge in [0.2, 0.25) is 5.91 Å². The maximum Gasteiger partial charge on any atom is 0.225 e. The van der Waals surface area contributed by atoms with Crippen molar-refractivity contribution in [1.29, 1.82) is 0 Å². The van der Waals surface area contributed by atoms with E-state index in [1.807, 2.05) is 6.92 Å². The predicted octanol–water partition coefficient (Wildman–Crippen LogP) is 4.27. The number of amides is 1. The van der Waals surface area contributed by atoms with E-state index in [2.05, 4.69) is 20.8 Å². The van der Waals surface area contributed by atoms with Gasteiger partial charge in [0.25, 0.3) is 0 Å². The van der Waals surface area contributed by atoms with Gasteiger partial charge in [-0.15, -0.1) is 10.2 Å². The van der Waals surface area contributed by atoms with E-state index in [1.54, 1.807) is 30.3 Å². The molecule has 0 saturated carbocycles. The molecular weight excluding hydrogens is 311 g/mol. The second kappa shape index (κ2) is 7.24. The molecule has 0 spiro atoms. The largest absolute Gasteiger partial charge is 0.339 e. The van der Waals surface area contributed by atoms with E-state index in [0.29, 0.717) is 28.1 Å². The first-order valence-corrected chi connectivity index (χ1v) is 7.19. The van der Waals surface area contributed by atoms with Gasteiger partial charge >= 0.3 is 0 Å². The molecule has 7 heteroatoms. The van der Waals surface area contributed by atoms with Crippen molar-refractivity contribution in [2.75, 3.05) is 10.6 Å². The Kier molecular flexibility index (Phi) is 5.36. The summed E-state index contributed by atoms with van der Waals surface area (Å²) in [6.07, 6.45) is 1.25. The topological polar surface area (TPSA) is 66.9 Å². The van der Waals surface area contributed by atoms with Crippen LogP contribution in [0.15, 0.2) is 30.3 Å². The fourth-order valence-electron chi connectivity index (χ4n) is 1.62. The van der Waals surface area contributed by atoms with Gasteiger partial charge in [0.05, 0.1) is 10.0 Å². The number of nitrogens with zero attached hydrogens (tertiary/aromatic N) is 2. The summed E-state index contributed by atoms with van der Waals surface area (Å²) >= 11 is 11.8. The third-order valence-electron chi connectivity index (χ3n) is 2.60. The van der Waals surface area contributed by atoms with Crippen LogP contribution in [0.5, 0.6) is 0 Å². The molecule has 1 heterocycles. The Morgan fingerprint density at radius 3 is 2.43 bits per heavy atom. The molecule has 1 amide bonds. The Hall–Kier alpha value is -1.85. The molecule has 2 N–H and O–H groups in total. The summed E-state index contributed by atoms with van der Waals surface area (Å²) < 4.78 is 0. The van der Waals surface area contributed by atoms with Crippen molar-refractivity contribution < 1.29 is 4.79 Å². The molecule has 0 unspecified atom stereocenters. The summed E-state index contributed by atoms with van der Waals surface area (Å²) in [4.78, 5) is 11.4. The van der Waals surface area contributed by atoms with E-state index in [9.17, 15) is 4.79 Å². The van der Waals surface area contributed by atoms with E-state index in [0.717, 1.165) is 12.1 Å². The third kappa shape index (κ3) is 4.58. The molecule has 0 saturated heterocycles. The molecule has 0 fully saturated rings. The second-order valence-corrected chi connectivity index (χ2v) is 5.17. The van der Waals surface area contributed by atoms with E-state index < -0.39 is 0 Å². The number of benzene rings is 1. The van der Waals surface area contributed by atoms with Crippen LogP contribution in [0.2, 0.25) is 10.0 Å². The highest BCUT2D eigenvalue weighted by Gasteiger charge is 2.04. The average Bonchev–Trinajstić information content (AvgIpc) is 2.45. The Balaban J connectivity index is 2.01. The van der Waals surface area contributed by atoms with Crippen molar-refractivity contribution in [3.63, 3.8) is 0 Å². The van der Waals surface area contributed by atoms with Gasteiger partial charge in [-0.1, -0.05) is 30.1 Å². The number of carbonyl (C=O) groups is 1. The quantitative estimate of drug-likeness (QED) is 0.862. The van der Waals surface area contributed by atoms with E-state index in [1.165, 1.54) is 0 Å². The summed E-state index contributed by atoms with van der Waals surface area (Å²) in [5, 5.41) is 14.6. The number of carbonyl (C=O) groups excluding carboxylic acids is 1. The Morgan fingerprint density at radius 2 is 1.81 bits per heavy atom. The molecule has 2 rings (SSSR count). The van der Waals surface area contributed by atoms with E-state index in [4.69, 9.17) is 23.2 Å². The zero-order chi connectivity index (χ0) is 15.2. The minimum absolute atomic E-state index is 0.0722. The number of hydrogen-bond acceptors (Lipinski definition) is 4. The minimum atomic E-state index is -0.0722. The SMILES string of the molecule is CCCC(=O)Nc1ccc(Nc2ccc(Cl)c(Cl)c2)nn1. The summed E-state index contributed by atoms with van der Waals surface area (Å²) in [7, 11) is 0. The fourth-order valence-corrected chi connectivity index (χ4v) is 1.92. The fraction of sp³-hybridized carbons (Fsp3) is 0.214. The van der Waals surface area contributed by atoms with Crippen molar-refractivity contribution in [1.82, 2.24) is 10.2 Å². The van der Waals surface area contributed by atoms with Gasteiger partial charge in [0, 0.05) is 12.1 Å². The van der Waals surface area contributed by atoms with Gasteiger partial charge in [0.1, 0.15) is 0 Å². The first kappa shape index (κ1) is 15.5. The third-order valence-corrected chi connectivity index (χ3v) is 3.34. The lowest BCUT2D eigenvalue weighted by Crippen LogP contribution is -2.12. The summed E-state index contributed by atoms with van der Waals surface area (Å²) in [6.45, 7) is 1.94. The first-order valence-electron chi connectivity index (χ1n) is 6.44. The van der Waals surface area contributed by atoms with Crippen LogP contribution >= 0.6 is 23.2 Å². The molecular formula is C14H14Cl2N4O. The van der Waals surface area contributed by atoms with Gasteiger partial charge in [-0.3, -0.25) is 4.79 Å². The average molecular weight is 325 g/mol. The zero-order valence-electron chi connectivity index (χ0n) is 11.4. The van der Waals surface area contributed by atoms with Gasteiger partial charge in [0.15, 0.2) is 11.6 Å². The van der Waals surface area contributed by atoms with Gasteiger partial charge in [-0.25, -0.2) is 0 Å². The van der Waals surface area contributed by atoms with Crippen molar-refractivity contribution >= 4 is 46.4 Å². The molecule has 5 nitrogen and oxygen atoms in total.